The van der Waals surface area contributed by atoms with Crippen molar-refractivity contribution >= 4 is 16.7 Å². The van der Waals surface area contributed by atoms with E-state index in [2.05, 4.69) is 49.2 Å². The van der Waals surface area contributed by atoms with Crippen LogP contribution in [0.1, 0.15) is 26.3 Å². The smallest absolute Gasteiger partial charge is 0.136 e. The molecule has 0 saturated carbocycles. The van der Waals surface area contributed by atoms with Crippen molar-refractivity contribution in [2.24, 2.45) is 0 Å². The largest absolute Gasteiger partial charge is 0.462 e. The minimum Gasteiger partial charge on any atom is -0.462 e. The molecule has 0 amide bonds. The molecule has 0 aliphatic carbocycles. The number of benzene rings is 1. The van der Waals surface area contributed by atoms with E-state index in [1.54, 1.807) is 0 Å². The summed E-state index contributed by atoms with van der Waals surface area (Å²) in [6.45, 7) is 10.9. The van der Waals surface area contributed by atoms with Gasteiger partial charge in [0.25, 0.3) is 0 Å². The molecule has 3 heteroatoms. The number of hydrogen-bond acceptors (Lipinski definition) is 3. The number of nitrogens with one attached hydrogen (secondary N) is 1. The van der Waals surface area contributed by atoms with E-state index in [-0.39, 0.29) is 5.41 Å². The van der Waals surface area contributed by atoms with Gasteiger partial charge >= 0.3 is 0 Å². The first-order valence-electron chi connectivity index (χ1n) is 7.03. The fourth-order valence-corrected chi connectivity index (χ4v) is 2.63. The highest BCUT2D eigenvalue weighted by atomic mass is 16.3. The van der Waals surface area contributed by atoms with Crippen LogP contribution in [0.2, 0.25) is 0 Å². The van der Waals surface area contributed by atoms with Crippen molar-refractivity contribution < 1.29 is 4.42 Å². The van der Waals surface area contributed by atoms with Gasteiger partial charge in [0.05, 0.1) is 5.69 Å². The van der Waals surface area contributed by atoms with Crippen LogP contribution >= 0.6 is 0 Å². The topological polar surface area (TPSA) is 28.4 Å². The summed E-state index contributed by atoms with van der Waals surface area (Å²) in [5.41, 5.74) is 3.76. The molecule has 102 valence electrons. The van der Waals surface area contributed by atoms with E-state index in [1.165, 1.54) is 16.6 Å². The molecule has 0 spiro atoms. The third-order valence-corrected chi connectivity index (χ3v) is 3.88. The Kier molecular flexibility index (Phi) is 3.02. The summed E-state index contributed by atoms with van der Waals surface area (Å²) in [6, 6.07) is 6.56. The summed E-state index contributed by atoms with van der Waals surface area (Å²) in [5, 5.41) is 4.63. The van der Waals surface area contributed by atoms with Crippen LogP contribution in [0.15, 0.2) is 28.9 Å². The van der Waals surface area contributed by atoms with Crippen LogP contribution in [0, 0.1) is 0 Å². The van der Waals surface area contributed by atoms with Crippen molar-refractivity contribution in [1.29, 1.82) is 0 Å². The lowest BCUT2D eigenvalue weighted by Crippen LogP contribution is -2.43. The molecule has 2 aromatic rings. The summed E-state index contributed by atoms with van der Waals surface area (Å²) in [5.74, 6) is 0. The maximum absolute atomic E-state index is 5.71. The van der Waals surface area contributed by atoms with Gasteiger partial charge in [0.1, 0.15) is 11.8 Å². The van der Waals surface area contributed by atoms with Crippen molar-refractivity contribution in [1.82, 2.24) is 5.32 Å². The van der Waals surface area contributed by atoms with Crippen LogP contribution in [-0.2, 0) is 5.41 Å². The Balaban J connectivity index is 2.05. The van der Waals surface area contributed by atoms with Gasteiger partial charge in [0, 0.05) is 31.6 Å². The lowest BCUT2D eigenvalue weighted by Gasteiger charge is -2.28. The van der Waals surface area contributed by atoms with Gasteiger partial charge in [-0.2, -0.15) is 0 Å². The first kappa shape index (κ1) is 12.5. The molecule has 2 heterocycles. The highest BCUT2D eigenvalue weighted by molar-refractivity contribution is 5.91. The SMILES string of the molecule is CC(C)(C)c1ccc2occ(N3CCNCC3)c2c1. The van der Waals surface area contributed by atoms with E-state index in [0.717, 1.165) is 31.8 Å². The zero-order chi connectivity index (χ0) is 13.5. The molecule has 3 nitrogen and oxygen atoms in total. The zero-order valence-corrected chi connectivity index (χ0v) is 12.0. The molecule has 19 heavy (non-hydrogen) atoms. The van der Waals surface area contributed by atoms with Gasteiger partial charge in [-0.25, -0.2) is 0 Å². The summed E-state index contributed by atoms with van der Waals surface area (Å²) in [7, 11) is 0. The van der Waals surface area contributed by atoms with Gasteiger partial charge in [0.2, 0.25) is 0 Å². The average Bonchev–Trinajstić information content (AvgIpc) is 2.81. The highest BCUT2D eigenvalue weighted by Crippen LogP contribution is 2.33. The van der Waals surface area contributed by atoms with Crippen LogP contribution < -0.4 is 10.2 Å². The molecule has 1 saturated heterocycles. The molecule has 0 unspecified atom stereocenters. The van der Waals surface area contributed by atoms with Crippen molar-refractivity contribution in [2.45, 2.75) is 26.2 Å². The summed E-state index contributed by atoms with van der Waals surface area (Å²) >= 11 is 0. The Labute approximate surface area is 114 Å². The van der Waals surface area contributed by atoms with Crippen LogP contribution in [0.5, 0.6) is 0 Å². The van der Waals surface area contributed by atoms with Gasteiger partial charge in [-0.05, 0) is 23.1 Å². The number of furan rings is 1. The second kappa shape index (κ2) is 4.57. The van der Waals surface area contributed by atoms with Crippen molar-refractivity contribution in [3.05, 3.63) is 30.0 Å². The lowest BCUT2D eigenvalue weighted by atomic mass is 9.86. The molecule has 0 bridgehead atoms. The molecule has 1 aromatic carbocycles. The molecule has 1 N–H and O–H groups in total. The van der Waals surface area contributed by atoms with Crippen LogP contribution in [0.4, 0.5) is 5.69 Å². The number of nitrogens with zero attached hydrogens (tertiary/aromatic N) is 1. The Morgan fingerprint density at radius 1 is 1.16 bits per heavy atom. The maximum Gasteiger partial charge on any atom is 0.136 e. The first-order chi connectivity index (χ1) is 9.05. The monoisotopic (exact) mass is 258 g/mol. The quantitative estimate of drug-likeness (QED) is 0.852. The van der Waals surface area contributed by atoms with Crippen LogP contribution in [-0.4, -0.2) is 26.2 Å². The first-order valence-corrected chi connectivity index (χ1v) is 7.03. The average molecular weight is 258 g/mol. The minimum atomic E-state index is 0.173. The van der Waals surface area contributed by atoms with Gasteiger partial charge in [-0.15, -0.1) is 0 Å². The molecule has 1 fully saturated rings. The molecule has 1 aliphatic heterocycles. The second-order valence-electron chi connectivity index (χ2n) is 6.32. The van der Waals surface area contributed by atoms with E-state index in [1.807, 2.05) is 6.26 Å². The summed E-state index contributed by atoms with van der Waals surface area (Å²) in [6.07, 6.45) is 1.91. The Morgan fingerprint density at radius 2 is 1.89 bits per heavy atom. The number of piperazine rings is 1. The number of anilines is 1. The predicted octanol–water partition coefficient (Wildman–Crippen LogP) is 3.14. The Morgan fingerprint density at radius 3 is 2.58 bits per heavy atom. The number of fused-ring (bicyclic) bond motifs is 1. The fraction of sp³-hybridized carbons (Fsp3) is 0.500. The van der Waals surface area contributed by atoms with Crippen LogP contribution in [0.3, 0.4) is 0 Å². The molecule has 1 aliphatic rings. The predicted molar refractivity (Wildman–Crippen MR) is 80.0 cm³/mol. The maximum atomic E-state index is 5.71. The third kappa shape index (κ3) is 2.35. The van der Waals surface area contributed by atoms with Crippen molar-refractivity contribution in [3.63, 3.8) is 0 Å². The number of rotatable bonds is 1. The van der Waals surface area contributed by atoms with Gasteiger partial charge in [0.15, 0.2) is 0 Å². The molecule has 0 atom stereocenters. The van der Waals surface area contributed by atoms with Gasteiger partial charge < -0.3 is 14.6 Å². The minimum absolute atomic E-state index is 0.173. The zero-order valence-electron chi connectivity index (χ0n) is 12.0. The van der Waals surface area contributed by atoms with Gasteiger partial charge in [-0.3, -0.25) is 0 Å². The number of hydrogen-bond donors (Lipinski definition) is 1. The normalized spacial score (nSPS) is 17.1. The Bertz CT molecular complexity index is 574. The molecule has 3 rings (SSSR count). The molecular formula is C16H22N2O. The fourth-order valence-electron chi connectivity index (χ4n) is 2.63. The summed E-state index contributed by atoms with van der Waals surface area (Å²) < 4.78 is 5.71. The van der Waals surface area contributed by atoms with Crippen LogP contribution in [0.25, 0.3) is 11.0 Å². The molecule has 1 aromatic heterocycles. The van der Waals surface area contributed by atoms with Crippen molar-refractivity contribution in [2.75, 3.05) is 31.1 Å². The molecule has 0 radical (unpaired) electrons. The van der Waals surface area contributed by atoms with E-state index >= 15 is 0 Å². The van der Waals surface area contributed by atoms with E-state index in [4.69, 9.17) is 4.42 Å². The third-order valence-electron chi connectivity index (χ3n) is 3.88. The highest BCUT2D eigenvalue weighted by Gasteiger charge is 2.19. The lowest BCUT2D eigenvalue weighted by molar-refractivity contribution is 0.578. The van der Waals surface area contributed by atoms with E-state index in [9.17, 15) is 0 Å². The van der Waals surface area contributed by atoms with Gasteiger partial charge in [-0.1, -0.05) is 26.8 Å². The van der Waals surface area contributed by atoms with Crippen molar-refractivity contribution in [3.8, 4) is 0 Å². The standard InChI is InChI=1S/C16H22N2O/c1-16(2,3)12-4-5-15-13(10-12)14(11-19-15)18-8-6-17-7-9-18/h4-5,10-11,17H,6-9H2,1-3H3. The Hall–Kier alpha value is -1.48. The second-order valence-corrected chi connectivity index (χ2v) is 6.32. The van der Waals surface area contributed by atoms with E-state index in [0.29, 0.717) is 0 Å². The summed E-state index contributed by atoms with van der Waals surface area (Å²) in [4.78, 5) is 2.41. The van der Waals surface area contributed by atoms with E-state index < -0.39 is 0 Å². The molecular weight excluding hydrogens is 236 g/mol.